The van der Waals surface area contributed by atoms with E-state index in [0.717, 1.165) is 12.1 Å². The van der Waals surface area contributed by atoms with Gasteiger partial charge in [-0.3, -0.25) is 9.36 Å². The Morgan fingerprint density at radius 1 is 1.31 bits per heavy atom. The Morgan fingerprint density at radius 3 is 2.77 bits per heavy atom. The number of anilines is 1. The molecule has 2 heterocycles. The maximum atomic E-state index is 13.8. The van der Waals surface area contributed by atoms with Gasteiger partial charge in [0.1, 0.15) is 11.5 Å². The fourth-order valence-corrected chi connectivity index (χ4v) is 2.29. The number of hydrogen-bond acceptors (Lipinski definition) is 6. The minimum atomic E-state index is -0.916. The molecule has 0 spiro atoms. The van der Waals surface area contributed by atoms with Crippen LogP contribution in [0.4, 0.5) is 14.7 Å². The van der Waals surface area contributed by atoms with Gasteiger partial charge >= 0.3 is 0 Å². The van der Waals surface area contributed by atoms with Gasteiger partial charge in [0.2, 0.25) is 5.95 Å². The van der Waals surface area contributed by atoms with Crippen LogP contribution in [0.1, 0.15) is 6.92 Å². The number of aliphatic hydroxyl groups excluding tert-OH is 1. The molecule has 1 aromatic carbocycles. The highest BCUT2D eigenvalue weighted by atomic mass is 19.1. The molecule has 0 radical (unpaired) electrons. The number of halogens is 2. The summed E-state index contributed by atoms with van der Waals surface area (Å²) in [6, 6.07) is 4.20. The molecule has 26 heavy (non-hydrogen) atoms. The molecular formula is C17H16F2N4O3. The summed E-state index contributed by atoms with van der Waals surface area (Å²) in [5, 5.41) is 12.6. The molecule has 0 aliphatic carbocycles. The molecule has 0 amide bonds. The van der Waals surface area contributed by atoms with Crippen molar-refractivity contribution in [3.63, 3.8) is 0 Å². The van der Waals surface area contributed by atoms with Gasteiger partial charge < -0.3 is 15.2 Å². The number of pyridine rings is 1. The summed E-state index contributed by atoms with van der Waals surface area (Å²) in [6.07, 6.45) is 0.888. The van der Waals surface area contributed by atoms with Gasteiger partial charge in [-0.1, -0.05) is 0 Å². The summed E-state index contributed by atoms with van der Waals surface area (Å²) in [7, 11) is 1.49. The van der Waals surface area contributed by atoms with E-state index in [9.17, 15) is 18.7 Å². The predicted octanol–water partition coefficient (Wildman–Crippen LogP) is 2.19. The minimum absolute atomic E-state index is 0.140. The van der Waals surface area contributed by atoms with E-state index >= 15 is 0 Å². The highest BCUT2D eigenvalue weighted by Gasteiger charge is 2.14. The smallest absolute Gasteiger partial charge is 0.294 e. The fourth-order valence-electron chi connectivity index (χ4n) is 2.29. The normalized spacial score (nSPS) is 12.2. The first-order valence-corrected chi connectivity index (χ1v) is 7.77. The van der Waals surface area contributed by atoms with Gasteiger partial charge in [-0.15, -0.1) is 0 Å². The van der Waals surface area contributed by atoms with Crippen LogP contribution in [0.15, 0.2) is 35.3 Å². The van der Waals surface area contributed by atoms with E-state index < -0.39 is 23.3 Å². The van der Waals surface area contributed by atoms with Crippen molar-refractivity contribution in [3.05, 3.63) is 52.5 Å². The molecule has 3 rings (SSSR count). The van der Waals surface area contributed by atoms with Crippen LogP contribution in [0.2, 0.25) is 0 Å². The van der Waals surface area contributed by atoms with Gasteiger partial charge in [-0.2, -0.15) is 4.98 Å². The maximum Gasteiger partial charge on any atom is 0.294 e. The van der Waals surface area contributed by atoms with Crippen molar-refractivity contribution in [1.82, 2.24) is 14.5 Å². The Labute approximate surface area is 146 Å². The summed E-state index contributed by atoms with van der Waals surface area (Å²) in [4.78, 5) is 20.8. The summed E-state index contributed by atoms with van der Waals surface area (Å²) in [6.45, 7) is 1.87. The Hall–Kier alpha value is -3.07. The average Bonchev–Trinajstić information content (AvgIpc) is 2.60. The van der Waals surface area contributed by atoms with E-state index in [1.807, 2.05) is 0 Å². The van der Waals surface area contributed by atoms with Crippen molar-refractivity contribution in [3.8, 4) is 11.5 Å². The lowest BCUT2D eigenvalue weighted by molar-refractivity contribution is 0.208. The Morgan fingerprint density at radius 2 is 2.08 bits per heavy atom. The number of fused-ring (bicyclic) bond motifs is 1. The first-order valence-electron chi connectivity index (χ1n) is 7.77. The zero-order valence-corrected chi connectivity index (χ0v) is 14.0. The molecule has 0 aliphatic heterocycles. The van der Waals surface area contributed by atoms with E-state index in [0.29, 0.717) is 17.1 Å². The molecule has 2 aromatic heterocycles. The minimum Gasteiger partial charge on any atom is -0.448 e. The van der Waals surface area contributed by atoms with Gasteiger partial charge in [0, 0.05) is 31.2 Å². The number of nitrogens with zero attached hydrogens (tertiary/aromatic N) is 3. The first-order chi connectivity index (χ1) is 12.3. The number of hydrogen-bond donors (Lipinski definition) is 2. The molecule has 1 atom stereocenters. The second kappa shape index (κ2) is 7.04. The molecule has 7 nitrogen and oxygen atoms in total. The van der Waals surface area contributed by atoms with Crippen molar-refractivity contribution < 1.29 is 18.6 Å². The van der Waals surface area contributed by atoms with E-state index in [-0.39, 0.29) is 24.0 Å². The molecule has 136 valence electrons. The third kappa shape index (κ3) is 3.62. The summed E-state index contributed by atoms with van der Waals surface area (Å²) in [5.74, 6) is -1.81. The molecule has 0 aliphatic rings. The van der Waals surface area contributed by atoms with E-state index in [1.54, 1.807) is 6.92 Å². The van der Waals surface area contributed by atoms with Crippen LogP contribution in [-0.2, 0) is 7.05 Å². The third-order valence-corrected chi connectivity index (χ3v) is 3.59. The molecule has 0 bridgehead atoms. The summed E-state index contributed by atoms with van der Waals surface area (Å²) in [5.41, 5.74) is -0.202. The van der Waals surface area contributed by atoms with Gasteiger partial charge in [0.25, 0.3) is 5.56 Å². The van der Waals surface area contributed by atoms with Crippen LogP contribution in [0.5, 0.6) is 11.5 Å². The highest BCUT2D eigenvalue weighted by Crippen LogP contribution is 2.24. The Balaban J connectivity index is 1.99. The largest absolute Gasteiger partial charge is 0.448 e. The molecule has 2 N–H and O–H groups in total. The van der Waals surface area contributed by atoms with Crippen molar-refractivity contribution in [2.24, 2.45) is 7.05 Å². The molecule has 0 saturated carbocycles. The molecule has 1 unspecified atom stereocenters. The van der Waals surface area contributed by atoms with Gasteiger partial charge in [0.05, 0.1) is 6.10 Å². The standard InChI is InChI=1S/C17H16F2N4O3/c1-9(24)7-20-17-21-8-10-5-14(16(25)23(2)15(10)22-17)26-13-4-3-11(18)6-12(13)19/h3-6,8-9,24H,7H2,1-2H3,(H,20,21,22). The predicted molar refractivity (Wildman–Crippen MR) is 91.4 cm³/mol. The number of rotatable bonds is 5. The lowest BCUT2D eigenvalue weighted by Gasteiger charge is -2.11. The zero-order chi connectivity index (χ0) is 18.8. The van der Waals surface area contributed by atoms with Crippen LogP contribution in [0.3, 0.4) is 0 Å². The lowest BCUT2D eigenvalue weighted by Crippen LogP contribution is -2.21. The van der Waals surface area contributed by atoms with Gasteiger partial charge in [-0.25, -0.2) is 13.8 Å². The number of benzene rings is 1. The number of aliphatic hydroxyl groups is 1. The topological polar surface area (TPSA) is 89.3 Å². The van der Waals surface area contributed by atoms with Gasteiger partial charge in [-0.05, 0) is 25.1 Å². The van der Waals surface area contributed by atoms with E-state index in [4.69, 9.17) is 4.74 Å². The first kappa shape index (κ1) is 17.7. The Kier molecular flexibility index (Phi) is 4.81. The fraction of sp³-hybridized carbons (Fsp3) is 0.235. The number of aryl methyl sites for hydroxylation is 1. The van der Waals surface area contributed by atoms with Crippen LogP contribution in [-0.4, -0.2) is 32.3 Å². The van der Waals surface area contributed by atoms with E-state index in [2.05, 4.69) is 15.3 Å². The molecule has 9 heteroatoms. The van der Waals surface area contributed by atoms with Crippen LogP contribution in [0, 0.1) is 11.6 Å². The number of aromatic nitrogens is 3. The van der Waals surface area contributed by atoms with Crippen LogP contribution >= 0.6 is 0 Å². The SMILES string of the molecule is CC(O)CNc1ncc2cc(Oc3ccc(F)cc3F)c(=O)n(C)c2n1. The monoisotopic (exact) mass is 362 g/mol. The maximum absolute atomic E-state index is 13.8. The van der Waals surface area contributed by atoms with Gasteiger partial charge in [0.15, 0.2) is 17.3 Å². The second-order valence-electron chi connectivity index (χ2n) is 5.75. The van der Waals surface area contributed by atoms with Crippen molar-refractivity contribution in [2.75, 3.05) is 11.9 Å². The molecular weight excluding hydrogens is 346 g/mol. The summed E-state index contributed by atoms with van der Waals surface area (Å²) >= 11 is 0. The van der Waals surface area contributed by atoms with Crippen molar-refractivity contribution >= 4 is 17.0 Å². The zero-order valence-electron chi connectivity index (χ0n) is 14.0. The molecule has 3 aromatic rings. The average molecular weight is 362 g/mol. The third-order valence-electron chi connectivity index (χ3n) is 3.59. The summed E-state index contributed by atoms with van der Waals surface area (Å²) < 4.78 is 33.3. The van der Waals surface area contributed by atoms with E-state index in [1.165, 1.54) is 23.9 Å². The second-order valence-corrected chi connectivity index (χ2v) is 5.75. The number of nitrogens with one attached hydrogen (secondary N) is 1. The Bertz CT molecular complexity index is 1020. The lowest BCUT2D eigenvalue weighted by atomic mass is 10.3. The quantitative estimate of drug-likeness (QED) is 0.723. The van der Waals surface area contributed by atoms with Crippen molar-refractivity contribution in [2.45, 2.75) is 13.0 Å². The van der Waals surface area contributed by atoms with Crippen LogP contribution in [0.25, 0.3) is 11.0 Å². The molecule has 0 fully saturated rings. The molecule has 0 saturated heterocycles. The highest BCUT2D eigenvalue weighted by molar-refractivity contribution is 5.76. The van der Waals surface area contributed by atoms with Crippen molar-refractivity contribution in [1.29, 1.82) is 0 Å². The van der Waals surface area contributed by atoms with Crippen LogP contribution < -0.4 is 15.6 Å². The number of ether oxygens (including phenoxy) is 1.